The van der Waals surface area contributed by atoms with Gasteiger partial charge < -0.3 is 16.2 Å². The highest BCUT2D eigenvalue weighted by Crippen LogP contribution is 2.24. The first-order valence-electron chi connectivity index (χ1n) is 4.97. The zero-order valence-corrected chi connectivity index (χ0v) is 8.35. The van der Waals surface area contributed by atoms with Crippen LogP contribution in [0.2, 0.25) is 0 Å². The Bertz CT molecular complexity index is 355. The molecule has 1 amide bonds. The number of primary amides is 1. The Hall–Kier alpha value is -1.55. The topological polar surface area (TPSA) is 78.3 Å². The van der Waals surface area contributed by atoms with Crippen molar-refractivity contribution < 1.29 is 9.53 Å². The van der Waals surface area contributed by atoms with Crippen LogP contribution in [0.4, 0.5) is 0 Å². The molecule has 0 bridgehead atoms. The maximum atomic E-state index is 10.8. The van der Waals surface area contributed by atoms with Crippen LogP contribution < -0.4 is 16.2 Å². The van der Waals surface area contributed by atoms with Crippen LogP contribution in [0.15, 0.2) is 24.3 Å². The van der Waals surface area contributed by atoms with Crippen LogP contribution in [0.5, 0.6) is 5.75 Å². The van der Waals surface area contributed by atoms with Gasteiger partial charge in [0.15, 0.2) is 0 Å². The lowest BCUT2D eigenvalue weighted by Crippen LogP contribution is -2.43. The van der Waals surface area contributed by atoms with Crippen LogP contribution in [0.1, 0.15) is 23.2 Å². The van der Waals surface area contributed by atoms with Gasteiger partial charge in [0.25, 0.3) is 0 Å². The predicted molar refractivity (Wildman–Crippen MR) is 56.6 cm³/mol. The molecule has 0 heterocycles. The molecule has 1 aliphatic carbocycles. The van der Waals surface area contributed by atoms with E-state index in [0.717, 1.165) is 18.6 Å². The summed E-state index contributed by atoms with van der Waals surface area (Å²) in [6.07, 6.45) is 2.02. The van der Waals surface area contributed by atoms with Crippen molar-refractivity contribution in [2.24, 2.45) is 11.5 Å². The molecule has 4 nitrogen and oxygen atoms in total. The van der Waals surface area contributed by atoms with E-state index in [-0.39, 0.29) is 12.1 Å². The first kappa shape index (κ1) is 9.98. The molecule has 80 valence electrons. The van der Waals surface area contributed by atoms with E-state index in [1.807, 2.05) is 0 Å². The molecule has 1 aromatic rings. The summed E-state index contributed by atoms with van der Waals surface area (Å²) in [6, 6.07) is 7.11. The summed E-state index contributed by atoms with van der Waals surface area (Å²) >= 11 is 0. The molecule has 0 aliphatic heterocycles. The molecule has 1 fully saturated rings. The quantitative estimate of drug-likeness (QED) is 0.762. The van der Waals surface area contributed by atoms with Gasteiger partial charge in [0.1, 0.15) is 11.9 Å². The van der Waals surface area contributed by atoms with Gasteiger partial charge in [0.2, 0.25) is 5.91 Å². The van der Waals surface area contributed by atoms with Gasteiger partial charge in [0.05, 0.1) is 0 Å². The molecule has 1 aliphatic rings. The van der Waals surface area contributed by atoms with Gasteiger partial charge in [-0.3, -0.25) is 4.79 Å². The molecule has 0 radical (unpaired) electrons. The molecular formula is C11H14N2O2. The van der Waals surface area contributed by atoms with Crippen LogP contribution in [0, 0.1) is 0 Å². The number of hydrogen-bond donors (Lipinski definition) is 2. The van der Waals surface area contributed by atoms with Crippen molar-refractivity contribution >= 4 is 5.91 Å². The van der Waals surface area contributed by atoms with Crippen molar-refractivity contribution in [3.8, 4) is 5.75 Å². The number of nitrogens with two attached hydrogens (primary N) is 2. The molecule has 0 saturated heterocycles. The smallest absolute Gasteiger partial charge is 0.248 e. The van der Waals surface area contributed by atoms with Gasteiger partial charge in [-0.1, -0.05) is 0 Å². The van der Waals surface area contributed by atoms with Crippen molar-refractivity contribution in [3.05, 3.63) is 29.8 Å². The summed E-state index contributed by atoms with van der Waals surface area (Å²) in [7, 11) is 0. The molecule has 0 aromatic heterocycles. The van der Waals surface area contributed by atoms with E-state index in [1.165, 1.54) is 0 Å². The lowest BCUT2D eigenvalue weighted by molar-refractivity contribution is 0.0996. The summed E-state index contributed by atoms with van der Waals surface area (Å²) < 4.78 is 5.62. The fourth-order valence-corrected chi connectivity index (χ4v) is 1.59. The fraction of sp³-hybridized carbons (Fsp3) is 0.364. The van der Waals surface area contributed by atoms with Crippen LogP contribution in [0.25, 0.3) is 0 Å². The molecular weight excluding hydrogens is 192 g/mol. The molecule has 0 atom stereocenters. The van der Waals surface area contributed by atoms with Gasteiger partial charge >= 0.3 is 0 Å². The maximum absolute atomic E-state index is 10.8. The highest BCUT2D eigenvalue weighted by Gasteiger charge is 2.27. The van der Waals surface area contributed by atoms with Crippen LogP contribution in [-0.2, 0) is 0 Å². The number of amides is 1. The predicted octanol–water partition coefficient (Wildman–Crippen LogP) is 0.654. The lowest BCUT2D eigenvalue weighted by atomic mass is 9.90. The summed E-state index contributed by atoms with van der Waals surface area (Å²) in [4.78, 5) is 10.8. The SMILES string of the molecule is NC(=O)c1ccc(OC2CC(N)C2)cc1. The zero-order valence-electron chi connectivity index (χ0n) is 8.35. The maximum Gasteiger partial charge on any atom is 0.248 e. The van der Waals surface area contributed by atoms with E-state index in [2.05, 4.69) is 0 Å². The second kappa shape index (κ2) is 3.90. The molecule has 0 unspecified atom stereocenters. The first-order chi connectivity index (χ1) is 7.15. The number of hydrogen-bond acceptors (Lipinski definition) is 3. The van der Waals surface area contributed by atoms with Crippen molar-refractivity contribution in [1.82, 2.24) is 0 Å². The van der Waals surface area contributed by atoms with E-state index >= 15 is 0 Å². The number of ether oxygens (including phenoxy) is 1. The average Bonchev–Trinajstić information content (AvgIpc) is 2.16. The van der Waals surface area contributed by atoms with E-state index in [1.54, 1.807) is 24.3 Å². The minimum absolute atomic E-state index is 0.222. The molecule has 4 heteroatoms. The monoisotopic (exact) mass is 206 g/mol. The van der Waals surface area contributed by atoms with E-state index < -0.39 is 5.91 Å². The van der Waals surface area contributed by atoms with Gasteiger partial charge in [0, 0.05) is 11.6 Å². The Morgan fingerprint density at radius 3 is 2.33 bits per heavy atom. The van der Waals surface area contributed by atoms with E-state index in [4.69, 9.17) is 16.2 Å². The van der Waals surface area contributed by atoms with Gasteiger partial charge in [-0.25, -0.2) is 0 Å². The Kier molecular flexibility index (Phi) is 2.60. The van der Waals surface area contributed by atoms with Gasteiger partial charge in [-0.05, 0) is 37.1 Å². The Balaban J connectivity index is 1.95. The normalized spacial score (nSPS) is 24.3. The highest BCUT2D eigenvalue weighted by molar-refractivity contribution is 5.92. The van der Waals surface area contributed by atoms with Crippen molar-refractivity contribution in [3.63, 3.8) is 0 Å². The standard InChI is InChI=1S/C11H14N2O2/c12-8-5-10(6-8)15-9-3-1-7(2-4-9)11(13)14/h1-4,8,10H,5-6,12H2,(H2,13,14). The van der Waals surface area contributed by atoms with Crippen LogP contribution >= 0.6 is 0 Å². The minimum Gasteiger partial charge on any atom is -0.490 e. The van der Waals surface area contributed by atoms with Crippen molar-refractivity contribution in [2.45, 2.75) is 25.0 Å². The van der Waals surface area contributed by atoms with Gasteiger partial charge in [-0.15, -0.1) is 0 Å². The number of carbonyl (C=O) groups excluding carboxylic acids is 1. The Morgan fingerprint density at radius 1 is 1.27 bits per heavy atom. The fourth-order valence-electron chi connectivity index (χ4n) is 1.59. The van der Waals surface area contributed by atoms with Crippen molar-refractivity contribution in [2.75, 3.05) is 0 Å². The van der Waals surface area contributed by atoms with Crippen LogP contribution in [-0.4, -0.2) is 18.1 Å². The molecule has 1 saturated carbocycles. The summed E-state index contributed by atoms with van der Waals surface area (Å²) in [5, 5.41) is 0. The third-order valence-electron chi connectivity index (χ3n) is 2.57. The second-order valence-electron chi connectivity index (χ2n) is 3.86. The van der Waals surface area contributed by atoms with E-state index in [9.17, 15) is 4.79 Å². The first-order valence-corrected chi connectivity index (χ1v) is 4.97. The summed E-state index contributed by atoms with van der Waals surface area (Å²) in [5.74, 6) is 0.337. The molecule has 2 rings (SSSR count). The Morgan fingerprint density at radius 2 is 1.87 bits per heavy atom. The van der Waals surface area contributed by atoms with Crippen molar-refractivity contribution in [1.29, 1.82) is 0 Å². The lowest BCUT2D eigenvalue weighted by Gasteiger charge is -2.32. The number of rotatable bonds is 3. The summed E-state index contributed by atoms with van der Waals surface area (Å²) in [5.41, 5.74) is 11.3. The average molecular weight is 206 g/mol. The minimum atomic E-state index is -0.424. The third kappa shape index (κ3) is 2.27. The molecule has 1 aromatic carbocycles. The molecule has 0 spiro atoms. The zero-order chi connectivity index (χ0) is 10.8. The van der Waals surface area contributed by atoms with Gasteiger partial charge in [-0.2, -0.15) is 0 Å². The van der Waals surface area contributed by atoms with Crippen LogP contribution in [0.3, 0.4) is 0 Å². The highest BCUT2D eigenvalue weighted by atomic mass is 16.5. The summed E-state index contributed by atoms with van der Waals surface area (Å²) in [6.45, 7) is 0. The second-order valence-corrected chi connectivity index (χ2v) is 3.86. The Labute approximate surface area is 88.2 Å². The number of carbonyl (C=O) groups is 1. The third-order valence-corrected chi connectivity index (χ3v) is 2.57. The molecule has 15 heavy (non-hydrogen) atoms. The largest absolute Gasteiger partial charge is 0.490 e. The molecule has 4 N–H and O–H groups in total. The number of benzene rings is 1. The van der Waals surface area contributed by atoms with E-state index in [0.29, 0.717) is 5.56 Å².